The molecule has 0 spiro atoms. The maximum atomic E-state index is 13.8. The largest absolute Gasteiger partial charge is 0.481 e. The fraction of sp³-hybridized carbons (Fsp3) is 0.200. The molecule has 3 heterocycles. The Morgan fingerprint density at radius 2 is 1.83 bits per heavy atom. The maximum absolute atomic E-state index is 13.8. The van der Waals surface area contributed by atoms with Gasteiger partial charge in [0, 0.05) is 0 Å². The number of carboxylic acids is 1. The Bertz CT molecular complexity index is 1400. The monoisotopic (exact) mass is 484 g/mol. The van der Waals surface area contributed by atoms with Crippen LogP contribution in [0.25, 0.3) is 5.52 Å². The fourth-order valence-corrected chi connectivity index (χ4v) is 3.78. The molecular formula is C25H19F3N2O5. The molecule has 0 bridgehead atoms. The maximum Gasteiger partial charge on any atom is 0.420 e. The van der Waals surface area contributed by atoms with Gasteiger partial charge in [0.15, 0.2) is 0 Å². The van der Waals surface area contributed by atoms with Crippen LogP contribution in [0.1, 0.15) is 22.9 Å². The molecule has 0 atom stereocenters. The molecule has 5 rings (SSSR count). The van der Waals surface area contributed by atoms with Gasteiger partial charge in [-0.1, -0.05) is 12.1 Å². The Morgan fingerprint density at radius 3 is 2.54 bits per heavy atom. The first-order valence-electron chi connectivity index (χ1n) is 10.7. The molecule has 7 nitrogen and oxygen atoms in total. The molecule has 0 aliphatic carbocycles. The van der Waals surface area contributed by atoms with Gasteiger partial charge >= 0.3 is 12.1 Å². The van der Waals surface area contributed by atoms with Crippen LogP contribution in [0.15, 0.2) is 67.0 Å². The van der Waals surface area contributed by atoms with Crippen LogP contribution in [0.3, 0.4) is 0 Å². The van der Waals surface area contributed by atoms with Crippen LogP contribution in [-0.4, -0.2) is 33.7 Å². The second kappa shape index (κ2) is 8.95. The zero-order valence-electron chi connectivity index (χ0n) is 18.2. The molecule has 1 fully saturated rings. The molecule has 0 radical (unpaired) electrons. The van der Waals surface area contributed by atoms with Crippen molar-refractivity contribution in [3.8, 4) is 23.0 Å². The number of carboxylic acid groups (broad SMARTS) is 1. The molecule has 0 amide bonds. The lowest BCUT2D eigenvalue weighted by Gasteiger charge is -2.24. The second-order valence-electron chi connectivity index (χ2n) is 8.09. The quantitative estimate of drug-likeness (QED) is 0.364. The van der Waals surface area contributed by atoms with Gasteiger partial charge in [-0.15, -0.1) is 0 Å². The van der Waals surface area contributed by atoms with Crippen molar-refractivity contribution < 1.29 is 37.3 Å². The second-order valence-corrected chi connectivity index (χ2v) is 8.09. The number of aliphatic carboxylic acids is 1. The first kappa shape index (κ1) is 22.7. The van der Waals surface area contributed by atoms with Crippen LogP contribution in [-0.2, 0) is 22.1 Å². The smallest absolute Gasteiger partial charge is 0.420 e. The predicted molar refractivity (Wildman–Crippen MR) is 118 cm³/mol. The summed E-state index contributed by atoms with van der Waals surface area (Å²) in [5.74, 6) is -0.0775. The fourth-order valence-electron chi connectivity index (χ4n) is 3.78. The van der Waals surface area contributed by atoms with E-state index in [1.54, 1.807) is 30.6 Å². The number of pyridine rings is 1. The average molecular weight is 484 g/mol. The van der Waals surface area contributed by atoms with Gasteiger partial charge in [-0.25, -0.2) is 4.98 Å². The van der Waals surface area contributed by atoms with Gasteiger partial charge in [0.05, 0.1) is 43.5 Å². The number of hydrogen-bond donors (Lipinski definition) is 1. The van der Waals surface area contributed by atoms with Crippen molar-refractivity contribution in [2.45, 2.75) is 18.5 Å². The third-order valence-electron chi connectivity index (χ3n) is 5.51. The first-order valence-corrected chi connectivity index (χ1v) is 10.7. The van der Waals surface area contributed by atoms with E-state index in [9.17, 15) is 18.0 Å². The molecular weight excluding hydrogens is 465 g/mol. The minimum atomic E-state index is -4.71. The van der Waals surface area contributed by atoms with E-state index in [4.69, 9.17) is 19.3 Å². The van der Waals surface area contributed by atoms with E-state index in [1.165, 1.54) is 30.3 Å². The van der Waals surface area contributed by atoms with Crippen LogP contribution in [0, 0.1) is 0 Å². The Hall–Kier alpha value is -4.05. The first-order chi connectivity index (χ1) is 16.8. The number of fused-ring (bicyclic) bond motifs is 1. The lowest BCUT2D eigenvalue weighted by Crippen LogP contribution is -2.27. The highest BCUT2D eigenvalue weighted by atomic mass is 19.4. The van der Waals surface area contributed by atoms with Crippen molar-refractivity contribution in [3.63, 3.8) is 0 Å². The Kier molecular flexibility index (Phi) is 5.81. The summed E-state index contributed by atoms with van der Waals surface area (Å²) in [5, 5.41) is 8.94. The normalized spacial score (nSPS) is 14.0. The van der Waals surface area contributed by atoms with E-state index >= 15 is 0 Å². The summed E-state index contributed by atoms with van der Waals surface area (Å²) in [6.45, 7) is 1.14. The Labute approximate surface area is 197 Å². The SMILES string of the molecule is O=C(O)Cc1cccc(Oc2ccc(Oc3ccc4cnc(C5COC5)n4c3)cc2C(F)(F)F)c1. The van der Waals surface area contributed by atoms with Gasteiger partial charge in [-0.3, -0.25) is 9.20 Å². The molecule has 180 valence electrons. The number of ether oxygens (including phenoxy) is 3. The van der Waals surface area contributed by atoms with E-state index < -0.39 is 23.5 Å². The van der Waals surface area contributed by atoms with Crippen LogP contribution in [0.4, 0.5) is 13.2 Å². The zero-order chi connectivity index (χ0) is 24.6. The lowest BCUT2D eigenvalue weighted by atomic mass is 10.1. The molecule has 4 aromatic rings. The van der Waals surface area contributed by atoms with E-state index in [0.717, 1.165) is 17.4 Å². The minimum absolute atomic E-state index is 0.0164. The molecule has 10 heteroatoms. The number of hydrogen-bond acceptors (Lipinski definition) is 5. The van der Waals surface area contributed by atoms with E-state index in [-0.39, 0.29) is 23.8 Å². The summed E-state index contributed by atoms with van der Waals surface area (Å²) < 4.78 is 59.8. The third kappa shape index (κ3) is 4.92. The van der Waals surface area contributed by atoms with Gasteiger partial charge in [0.25, 0.3) is 0 Å². The van der Waals surface area contributed by atoms with Gasteiger partial charge < -0.3 is 19.3 Å². The van der Waals surface area contributed by atoms with Crippen molar-refractivity contribution in [1.82, 2.24) is 9.38 Å². The summed E-state index contributed by atoms with van der Waals surface area (Å²) in [5.41, 5.74) is 0.227. The van der Waals surface area contributed by atoms with Crippen molar-refractivity contribution in [3.05, 3.63) is 83.9 Å². The highest BCUT2D eigenvalue weighted by Gasteiger charge is 2.35. The average Bonchev–Trinajstić information content (AvgIpc) is 3.15. The summed E-state index contributed by atoms with van der Waals surface area (Å²) in [6, 6.07) is 12.8. The number of nitrogens with zero attached hydrogens (tertiary/aromatic N) is 2. The molecule has 35 heavy (non-hydrogen) atoms. The molecule has 1 saturated heterocycles. The lowest BCUT2D eigenvalue weighted by molar-refractivity contribution is -0.138. The standard InChI is InChI=1S/C25H19F3N2O5/c26-25(27,28)21-10-19(6-7-22(21)35-18-3-1-2-15(8-18)9-23(31)32)34-20-5-4-17-11-29-24(30(17)12-20)16-13-33-14-16/h1-8,10-12,16H,9,13-14H2,(H,31,32). The van der Waals surface area contributed by atoms with Gasteiger partial charge in [-0.05, 0) is 48.0 Å². The summed E-state index contributed by atoms with van der Waals surface area (Å²) in [6.07, 6.45) is -1.58. The van der Waals surface area contributed by atoms with Gasteiger partial charge in [-0.2, -0.15) is 13.2 Å². The zero-order valence-corrected chi connectivity index (χ0v) is 18.2. The highest BCUT2D eigenvalue weighted by molar-refractivity contribution is 5.70. The summed E-state index contributed by atoms with van der Waals surface area (Å²) in [7, 11) is 0. The van der Waals surface area contributed by atoms with E-state index in [2.05, 4.69) is 4.98 Å². The third-order valence-corrected chi connectivity index (χ3v) is 5.51. The van der Waals surface area contributed by atoms with Gasteiger partial charge in [0.1, 0.15) is 34.4 Å². The Morgan fingerprint density at radius 1 is 1.06 bits per heavy atom. The number of alkyl halides is 3. The molecule has 2 aromatic carbocycles. The molecule has 1 aliphatic heterocycles. The molecule has 2 aromatic heterocycles. The van der Waals surface area contributed by atoms with Crippen molar-refractivity contribution in [2.75, 3.05) is 13.2 Å². The van der Waals surface area contributed by atoms with Crippen LogP contribution < -0.4 is 9.47 Å². The Balaban J connectivity index is 1.42. The number of rotatable bonds is 7. The summed E-state index contributed by atoms with van der Waals surface area (Å²) in [4.78, 5) is 15.3. The topological polar surface area (TPSA) is 82.3 Å². The van der Waals surface area contributed by atoms with Crippen molar-refractivity contribution >= 4 is 11.5 Å². The van der Waals surface area contributed by atoms with Crippen molar-refractivity contribution in [1.29, 1.82) is 0 Å². The summed E-state index contributed by atoms with van der Waals surface area (Å²) >= 11 is 0. The molecule has 0 unspecified atom stereocenters. The van der Waals surface area contributed by atoms with Crippen LogP contribution >= 0.6 is 0 Å². The number of imidazole rings is 1. The number of benzene rings is 2. The minimum Gasteiger partial charge on any atom is -0.481 e. The van der Waals surface area contributed by atoms with E-state index in [1.807, 2.05) is 4.40 Å². The van der Waals surface area contributed by atoms with Crippen molar-refractivity contribution in [2.24, 2.45) is 0 Å². The number of aromatic nitrogens is 2. The van der Waals surface area contributed by atoms with Gasteiger partial charge in [0.2, 0.25) is 0 Å². The van der Waals surface area contributed by atoms with E-state index in [0.29, 0.717) is 24.5 Å². The highest BCUT2D eigenvalue weighted by Crippen LogP contribution is 2.41. The number of halogens is 3. The van der Waals surface area contributed by atoms with Crippen LogP contribution in [0.5, 0.6) is 23.0 Å². The van der Waals surface area contributed by atoms with Crippen LogP contribution in [0.2, 0.25) is 0 Å². The molecule has 1 aliphatic rings. The molecule has 1 N–H and O–H groups in total. The molecule has 0 saturated carbocycles. The predicted octanol–water partition coefficient (Wildman–Crippen LogP) is 5.68. The number of carbonyl (C=O) groups is 1.